The molecule has 170 valence electrons. The Balaban J connectivity index is 1.02. The summed E-state index contributed by atoms with van der Waals surface area (Å²) >= 11 is 0. The van der Waals surface area contributed by atoms with Gasteiger partial charge in [0, 0.05) is 0 Å². The molecule has 8 saturated carbocycles. The van der Waals surface area contributed by atoms with Gasteiger partial charge in [-0.2, -0.15) is 0 Å². The summed E-state index contributed by atoms with van der Waals surface area (Å²) in [6.45, 7) is 0. The number of carbonyl (C=O) groups excluding carboxylic acids is 2. The fourth-order valence-electron chi connectivity index (χ4n) is 9.73. The summed E-state index contributed by atoms with van der Waals surface area (Å²) in [5.74, 6) is 5.05. The van der Waals surface area contributed by atoms with Crippen LogP contribution in [0.1, 0.15) is 77.0 Å². The minimum Gasteiger partial charge on any atom is -0.323 e. The normalized spacial score (nSPS) is 45.1. The molecule has 0 saturated heterocycles. The van der Waals surface area contributed by atoms with E-state index in [0.29, 0.717) is 11.6 Å². The van der Waals surface area contributed by atoms with E-state index >= 15 is 0 Å². The average Bonchev–Trinajstić information content (AvgIpc) is 2.73. The summed E-state index contributed by atoms with van der Waals surface area (Å²) < 4.78 is 0. The highest BCUT2D eigenvalue weighted by atomic mass is 16.2. The lowest BCUT2D eigenvalue weighted by Gasteiger charge is -2.55. The highest BCUT2D eigenvalue weighted by Gasteiger charge is 2.55. The van der Waals surface area contributed by atoms with Crippen molar-refractivity contribution in [2.45, 2.75) is 77.0 Å². The van der Waals surface area contributed by atoms with Gasteiger partial charge in [-0.25, -0.2) is 9.97 Å². The van der Waals surface area contributed by atoms with Crippen molar-refractivity contribution in [3.8, 4) is 0 Å². The molecule has 8 fully saturated rings. The molecule has 0 spiro atoms. The van der Waals surface area contributed by atoms with Crippen LogP contribution in [0.15, 0.2) is 12.4 Å². The van der Waals surface area contributed by atoms with Crippen molar-refractivity contribution in [1.29, 1.82) is 0 Å². The lowest BCUT2D eigenvalue weighted by atomic mass is 9.49. The molecule has 8 aliphatic rings. The maximum atomic E-state index is 13.3. The Bertz CT molecular complexity index is 808. The number of amides is 2. The molecular weight excluding hydrogens is 400 g/mol. The molecule has 1 heterocycles. The van der Waals surface area contributed by atoms with Gasteiger partial charge in [-0.15, -0.1) is 0 Å². The van der Waals surface area contributed by atoms with Crippen molar-refractivity contribution in [1.82, 2.24) is 9.97 Å². The molecule has 0 radical (unpaired) electrons. The molecule has 2 amide bonds. The molecule has 32 heavy (non-hydrogen) atoms. The topological polar surface area (TPSA) is 84.0 Å². The first kappa shape index (κ1) is 19.5. The summed E-state index contributed by atoms with van der Waals surface area (Å²) in [5, 5.41) is 6.13. The number of hydrogen-bond acceptors (Lipinski definition) is 4. The second kappa shape index (κ2) is 6.77. The standard InChI is InChI=1S/C26H34N4O2/c31-22(25-7-15-1-16(8-25)3-17(2-15)9-25)29-21-13-27-24(28-14-21)30-23(32)26-10-18-4-19(11-26)6-20(5-18)12-26/h13-20H,1-12H2,(H,29,31)(H,27,28,30,32). The molecule has 0 aliphatic heterocycles. The molecule has 6 nitrogen and oxygen atoms in total. The highest BCUT2D eigenvalue weighted by molar-refractivity contribution is 5.96. The van der Waals surface area contributed by atoms with Gasteiger partial charge in [-0.3, -0.25) is 14.9 Å². The van der Waals surface area contributed by atoms with Gasteiger partial charge < -0.3 is 5.32 Å². The summed E-state index contributed by atoms with van der Waals surface area (Å²) in [6, 6.07) is 0. The van der Waals surface area contributed by atoms with Crippen LogP contribution < -0.4 is 10.6 Å². The van der Waals surface area contributed by atoms with Gasteiger partial charge >= 0.3 is 0 Å². The largest absolute Gasteiger partial charge is 0.323 e. The fourth-order valence-corrected chi connectivity index (χ4v) is 9.73. The zero-order valence-corrected chi connectivity index (χ0v) is 18.8. The van der Waals surface area contributed by atoms with Gasteiger partial charge in [0.1, 0.15) is 0 Å². The predicted octanol–water partition coefficient (Wildman–Crippen LogP) is 4.79. The van der Waals surface area contributed by atoms with E-state index in [0.717, 1.165) is 74.0 Å². The predicted molar refractivity (Wildman–Crippen MR) is 121 cm³/mol. The number of anilines is 2. The number of rotatable bonds is 4. The van der Waals surface area contributed by atoms with E-state index < -0.39 is 0 Å². The summed E-state index contributed by atoms with van der Waals surface area (Å²) in [6.07, 6.45) is 17.5. The number of aromatic nitrogens is 2. The maximum absolute atomic E-state index is 13.3. The Labute approximate surface area is 189 Å². The first-order valence-electron chi connectivity index (χ1n) is 12.9. The molecule has 1 aromatic heterocycles. The van der Waals surface area contributed by atoms with Crippen LogP contribution in [0.4, 0.5) is 11.6 Å². The monoisotopic (exact) mass is 434 g/mol. The van der Waals surface area contributed by atoms with E-state index in [9.17, 15) is 9.59 Å². The molecule has 0 aromatic carbocycles. The smallest absolute Gasteiger partial charge is 0.232 e. The Kier molecular flexibility index (Phi) is 4.12. The summed E-state index contributed by atoms with van der Waals surface area (Å²) in [7, 11) is 0. The quantitative estimate of drug-likeness (QED) is 0.714. The first-order valence-corrected chi connectivity index (χ1v) is 12.9. The van der Waals surface area contributed by atoms with Crippen molar-refractivity contribution < 1.29 is 9.59 Å². The van der Waals surface area contributed by atoms with Gasteiger partial charge in [0.05, 0.1) is 28.9 Å². The Morgan fingerprint density at radius 3 is 1.34 bits per heavy atom. The third kappa shape index (κ3) is 3.04. The van der Waals surface area contributed by atoms with E-state index in [2.05, 4.69) is 20.6 Å². The van der Waals surface area contributed by atoms with E-state index in [1.54, 1.807) is 12.4 Å². The molecule has 9 rings (SSSR count). The van der Waals surface area contributed by atoms with Gasteiger partial charge in [0.15, 0.2) is 0 Å². The van der Waals surface area contributed by atoms with Crippen LogP contribution in [-0.2, 0) is 9.59 Å². The zero-order chi connectivity index (χ0) is 21.5. The van der Waals surface area contributed by atoms with Crippen LogP contribution in [0.2, 0.25) is 0 Å². The Morgan fingerprint density at radius 1 is 0.625 bits per heavy atom. The van der Waals surface area contributed by atoms with Gasteiger partial charge in [-0.1, -0.05) is 0 Å². The number of nitrogens with zero attached hydrogens (tertiary/aromatic N) is 2. The highest BCUT2D eigenvalue weighted by Crippen LogP contribution is 2.61. The Hall–Kier alpha value is -1.98. The van der Waals surface area contributed by atoms with Crippen LogP contribution in [0.5, 0.6) is 0 Å². The van der Waals surface area contributed by atoms with E-state index in [1.165, 1.54) is 38.5 Å². The fraction of sp³-hybridized carbons (Fsp3) is 0.769. The third-order valence-corrected chi connectivity index (χ3v) is 10.2. The first-order chi connectivity index (χ1) is 15.5. The van der Waals surface area contributed by atoms with Crippen LogP contribution in [-0.4, -0.2) is 21.8 Å². The minimum absolute atomic E-state index is 0.113. The van der Waals surface area contributed by atoms with Crippen molar-refractivity contribution in [2.24, 2.45) is 46.3 Å². The summed E-state index contributed by atoms with van der Waals surface area (Å²) in [4.78, 5) is 35.3. The number of hydrogen-bond donors (Lipinski definition) is 2. The second-order valence-corrected chi connectivity index (χ2v) is 12.6. The molecule has 2 N–H and O–H groups in total. The number of carbonyl (C=O) groups is 2. The molecular formula is C26H34N4O2. The van der Waals surface area contributed by atoms with Gasteiger partial charge in [-0.05, 0) is 113 Å². The molecule has 6 heteroatoms. The average molecular weight is 435 g/mol. The van der Waals surface area contributed by atoms with Gasteiger partial charge in [0.25, 0.3) is 0 Å². The number of nitrogens with one attached hydrogen (secondary N) is 2. The third-order valence-electron chi connectivity index (χ3n) is 10.2. The Morgan fingerprint density at radius 2 is 0.969 bits per heavy atom. The lowest BCUT2D eigenvalue weighted by Crippen LogP contribution is -2.52. The van der Waals surface area contributed by atoms with Crippen molar-refractivity contribution >= 4 is 23.5 Å². The molecule has 1 aromatic rings. The van der Waals surface area contributed by atoms with Crippen molar-refractivity contribution in [3.05, 3.63) is 12.4 Å². The van der Waals surface area contributed by atoms with Crippen molar-refractivity contribution in [3.63, 3.8) is 0 Å². The maximum Gasteiger partial charge on any atom is 0.232 e. The molecule has 8 aliphatic carbocycles. The van der Waals surface area contributed by atoms with Gasteiger partial charge in [0.2, 0.25) is 17.8 Å². The van der Waals surface area contributed by atoms with Crippen LogP contribution >= 0.6 is 0 Å². The zero-order valence-electron chi connectivity index (χ0n) is 18.8. The van der Waals surface area contributed by atoms with Crippen molar-refractivity contribution in [2.75, 3.05) is 10.6 Å². The van der Waals surface area contributed by atoms with E-state index in [-0.39, 0.29) is 22.6 Å². The minimum atomic E-state index is -0.205. The van der Waals surface area contributed by atoms with Crippen LogP contribution in [0.25, 0.3) is 0 Å². The molecule has 0 atom stereocenters. The molecule has 8 bridgehead atoms. The molecule has 0 unspecified atom stereocenters. The van der Waals surface area contributed by atoms with E-state index in [1.807, 2.05) is 0 Å². The second-order valence-electron chi connectivity index (χ2n) is 12.6. The SMILES string of the molecule is O=C(Nc1cnc(NC(=O)C23CC4CC(CC(C4)C2)C3)nc1)C12CC3CC(CC(C3)C1)C2. The van der Waals surface area contributed by atoms with Crippen LogP contribution in [0, 0.1) is 46.3 Å². The van der Waals surface area contributed by atoms with Crippen LogP contribution in [0.3, 0.4) is 0 Å². The van der Waals surface area contributed by atoms with E-state index in [4.69, 9.17) is 0 Å². The lowest BCUT2D eigenvalue weighted by molar-refractivity contribution is -0.141. The summed E-state index contributed by atoms with van der Waals surface area (Å²) in [5.41, 5.74) is 0.252.